The van der Waals surface area contributed by atoms with Gasteiger partial charge in [0.1, 0.15) is 6.04 Å². The zero-order valence-electron chi connectivity index (χ0n) is 18.3. The van der Waals surface area contributed by atoms with E-state index in [0.717, 1.165) is 12.0 Å². The third-order valence-electron chi connectivity index (χ3n) is 5.08. The molecule has 29 heavy (non-hydrogen) atoms. The van der Waals surface area contributed by atoms with Crippen LogP contribution in [0.5, 0.6) is 17.2 Å². The van der Waals surface area contributed by atoms with Crippen LogP contribution in [0.15, 0.2) is 36.4 Å². The number of carbonyl (C=O) groups excluding carboxylic acids is 1. The van der Waals surface area contributed by atoms with E-state index in [0.29, 0.717) is 23.8 Å². The number of aryl methyl sites for hydroxylation is 1. The molecular weight excluding hydrogens is 368 g/mol. The molecule has 1 atom stereocenters. The number of methoxy groups -OCH3 is 3. The molecule has 0 saturated carbocycles. The van der Waals surface area contributed by atoms with Crippen LogP contribution >= 0.6 is 0 Å². The second-order valence-electron chi connectivity index (χ2n) is 7.24. The molecule has 0 unspecified atom stereocenters. The molecule has 6 heteroatoms. The number of benzene rings is 2. The molecule has 0 radical (unpaired) electrons. The first-order valence-corrected chi connectivity index (χ1v) is 9.87. The Morgan fingerprint density at radius 1 is 0.966 bits per heavy atom. The largest absolute Gasteiger partial charge is 0.493 e. The molecule has 0 aliphatic heterocycles. The lowest BCUT2D eigenvalue weighted by Crippen LogP contribution is -3.07. The third-order valence-corrected chi connectivity index (χ3v) is 5.08. The van der Waals surface area contributed by atoms with Gasteiger partial charge in [0, 0.05) is 5.56 Å². The number of nitrogens with one attached hydrogen (secondary N) is 2. The summed E-state index contributed by atoms with van der Waals surface area (Å²) in [5.74, 6) is 1.56. The quantitative estimate of drug-likeness (QED) is 0.638. The van der Waals surface area contributed by atoms with Gasteiger partial charge >= 0.3 is 0 Å². The highest BCUT2D eigenvalue weighted by molar-refractivity contribution is 5.79. The number of hydrogen-bond donors (Lipinski definition) is 2. The van der Waals surface area contributed by atoms with Crippen LogP contribution < -0.4 is 24.4 Å². The molecule has 2 aromatic carbocycles. The monoisotopic (exact) mass is 401 g/mol. The fourth-order valence-electron chi connectivity index (χ4n) is 3.34. The van der Waals surface area contributed by atoms with Gasteiger partial charge in [-0.25, -0.2) is 0 Å². The molecular formula is C23H33N2O4+. The van der Waals surface area contributed by atoms with Gasteiger partial charge in [0.25, 0.3) is 0 Å². The van der Waals surface area contributed by atoms with Crippen molar-refractivity contribution in [3.63, 3.8) is 0 Å². The van der Waals surface area contributed by atoms with Crippen molar-refractivity contribution >= 4 is 5.91 Å². The van der Waals surface area contributed by atoms with Crippen molar-refractivity contribution in [3.8, 4) is 17.2 Å². The van der Waals surface area contributed by atoms with Crippen molar-refractivity contribution in [2.75, 3.05) is 42.0 Å². The lowest BCUT2D eigenvalue weighted by Gasteiger charge is -2.22. The lowest BCUT2D eigenvalue weighted by atomic mass is 10.0. The molecule has 0 bridgehead atoms. The molecule has 158 valence electrons. The number of hydrogen-bond acceptors (Lipinski definition) is 4. The number of amides is 1. The van der Waals surface area contributed by atoms with Gasteiger partial charge in [0.15, 0.2) is 11.5 Å². The van der Waals surface area contributed by atoms with Crippen molar-refractivity contribution in [2.24, 2.45) is 0 Å². The molecule has 0 spiro atoms. The van der Waals surface area contributed by atoms with Gasteiger partial charge in [0.2, 0.25) is 11.7 Å². The maximum atomic E-state index is 12.6. The summed E-state index contributed by atoms with van der Waals surface area (Å²) in [6, 6.07) is 12.4. The summed E-state index contributed by atoms with van der Waals surface area (Å²) in [4.78, 5) is 13.9. The van der Waals surface area contributed by atoms with Crippen LogP contribution in [0.4, 0.5) is 0 Å². The van der Waals surface area contributed by atoms with Gasteiger partial charge in [-0.05, 0) is 29.7 Å². The van der Waals surface area contributed by atoms with E-state index in [2.05, 4.69) is 50.6 Å². The van der Waals surface area contributed by atoms with E-state index in [4.69, 9.17) is 14.2 Å². The van der Waals surface area contributed by atoms with Crippen molar-refractivity contribution in [2.45, 2.75) is 25.8 Å². The van der Waals surface area contributed by atoms with Gasteiger partial charge in [-0.3, -0.25) is 4.79 Å². The van der Waals surface area contributed by atoms with Crippen molar-refractivity contribution in [3.05, 3.63) is 53.1 Å². The van der Waals surface area contributed by atoms with E-state index in [9.17, 15) is 4.79 Å². The highest BCUT2D eigenvalue weighted by Crippen LogP contribution is 2.38. The standard InChI is InChI=1S/C23H32N2O4/c1-7-16-8-10-18(11-9-16)19(25(2)3)15-24-22(26)14-17-12-20(27-4)23(29-6)21(13-17)28-5/h8-13,19H,7,14-15H2,1-6H3,(H,24,26)/p+1/t19-/m0/s1. The Kier molecular flexibility index (Phi) is 8.34. The number of likely N-dealkylation sites (N-methyl/N-ethyl adjacent to an activating group) is 1. The molecule has 0 aromatic heterocycles. The Labute approximate surface area is 173 Å². The number of ether oxygens (including phenoxy) is 3. The Balaban J connectivity index is 2.07. The minimum Gasteiger partial charge on any atom is -0.493 e. The van der Waals surface area contributed by atoms with Crippen LogP contribution in [0.2, 0.25) is 0 Å². The summed E-state index contributed by atoms with van der Waals surface area (Å²) in [6.45, 7) is 2.71. The summed E-state index contributed by atoms with van der Waals surface area (Å²) in [6.07, 6.45) is 1.26. The lowest BCUT2D eigenvalue weighted by molar-refractivity contribution is -0.890. The molecule has 0 heterocycles. The topological polar surface area (TPSA) is 61.2 Å². The van der Waals surface area contributed by atoms with Gasteiger partial charge in [-0.1, -0.05) is 31.2 Å². The van der Waals surface area contributed by atoms with E-state index in [1.165, 1.54) is 16.0 Å². The highest BCUT2D eigenvalue weighted by atomic mass is 16.5. The summed E-state index contributed by atoms with van der Waals surface area (Å²) in [5.41, 5.74) is 3.33. The normalized spacial score (nSPS) is 11.8. The molecule has 2 rings (SSSR count). The van der Waals surface area contributed by atoms with Gasteiger partial charge in [0.05, 0.1) is 48.4 Å². The van der Waals surface area contributed by atoms with E-state index in [1.807, 2.05) is 0 Å². The second-order valence-corrected chi connectivity index (χ2v) is 7.24. The molecule has 0 aliphatic rings. The Morgan fingerprint density at radius 3 is 2.00 bits per heavy atom. The molecule has 0 fully saturated rings. The van der Waals surface area contributed by atoms with Crippen LogP contribution in [0, 0.1) is 0 Å². The van der Waals surface area contributed by atoms with E-state index >= 15 is 0 Å². The van der Waals surface area contributed by atoms with Crippen LogP contribution in [-0.2, 0) is 17.6 Å². The fraction of sp³-hybridized carbons (Fsp3) is 0.435. The number of quaternary nitrogens is 1. The minimum absolute atomic E-state index is 0.0456. The number of carbonyl (C=O) groups is 1. The SMILES string of the molecule is CCc1ccc([C@H](CNC(=O)Cc2cc(OC)c(OC)c(OC)c2)[NH+](C)C)cc1. The molecule has 2 aromatic rings. The summed E-state index contributed by atoms with van der Waals surface area (Å²) >= 11 is 0. The zero-order valence-corrected chi connectivity index (χ0v) is 18.3. The molecule has 1 amide bonds. The molecule has 2 N–H and O–H groups in total. The Bertz CT molecular complexity index is 778. The van der Waals surface area contributed by atoms with E-state index < -0.39 is 0 Å². The average molecular weight is 402 g/mol. The molecule has 6 nitrogen and oxygen atoms in total. The van der Waals surface area contributed by atoms with E-state index in [1.54, 1.807) is 33.5 Å². The first-order valence-electron chi connectivity index (χ1n) is 9.87. The third kappa shape index (κ3) is 5.87. The predicted molar refractivity (Wildman–Crippen MR) is 114 cm³/mol. The summed E-state index contributed by atoms with van der Waals surface area (Å²) < 4.78 is 16.1. The van der Waals surface area contributed by atoms with Crippen molar-refractivity contribution in [1.82, 2.24) is 5.32 Å². The van der Waals surface area contributed by atoms with Gasteiger partial charge in [-0.15, -0.1) is 0 Å². The maximum Gasteiger partial charge on any atom is 0.224 e. The van der Waals surface area contributed by atoms with Crippen LogP contribution in [0.25, 0.3) is 0 Å². The first kappa shape index (κ1) is 22.6. The minimum atomic E-state index is -0.0456. The van der Waals surface area contributed by atoms with Gasteiger partial charge in [-0.2, -0.15) is 0 Å². The Morgan fingerprint density at radius 2 is 1.55 bits per heavy atom. The van der Waals surface area contributed by atoms with Crippen LogP contribution in [-0.4, -0.2) is 47.9 Å². The Hall–Kier alpha value is -2.73. The number of rotatable bonds is 10. The molecule has 0 saturated heterocycles. The van der Waals surface area contributed by atoms with Crippen LogP contribution in [0.3, 0.4) is 0 Å². The fourth-order valence-corrected chi connectivity index (χ4v) is 3.34. The van der Waals surface area contributed by atoms with Crippen LogP contribution in [0.1, 0.15) is 29.7 Å². The van der Waals surface area contributed by atoms with Crippen molar-refractivity contribution in [1.29, 1.82) is 0 Å². The maximum absolute atomic E-state index is 12.6. The average Bonchev–Trinajstić information content (AvgIpc) is 2.73. The summed E-state index contributed by atoms with van der Waals surface area (Å²) in [5, 5.41) is 3.07. The molecule has 0 aliphatic carbocycles. The van der Waals surface area contributed by atoms with Crippen molar-refractivity contribution < 1.29 is 23.9 Å². The predicted octanol–water partition coefficient (Wildman–Crippen LogP) is 1.82. The zero-order chi connectivity index (χ0) is 21.4. The smallest absolute Gasteiger partial charge is 0.224 e. The highest BCUT2D eigenvalue weighted by Gasteiger charge is 2.20. The second kappa shape index (κ2) is 10.7. The first-order chi connectivity index (χ1) is 13.9. The summed E-state index contributed by atoms with van der Waals surface area (Å²) in [7, 11) is 8.89. The van der Waals surface area contributed by atoms with E-state index in [-0.39, 0.29) is 18.4 Å². The van der Waals surface area contributed by atoms with Gasteiger partial charge < -0.3 is 24.4 Å².